The number of halogens is 4. The predicted molar refractivity (Wildman–Crippen MR) is 78.0 cm³/mol. The minimum atomic E-state index is -4.83. The topological polar surface area (TPSA) is 34.1 Å². The summed E-state index contributed by atoms with van der Waals surface area (Å²) in [6.07, 6.45) is -1.36. The summed E-state index contributed by atoms with van der Waals surface area (Å²) in [5, 5.41) is -0.0852. The first-order valence-corrected chi connectivity index (χ1v) is 8.85. The van der Waals surface area contributed by atoms with E-state index in [1.807, 2.05) is 0 Å². The Balaban J connectivity index is 1.85. The van der Waals surface area contributed by atoms with Crippen LogP contribution in [0, 0.1) is 11.7 Å². The number of benzene rings is 1. The number of rotatable bonds is 2. The van der Waals surface area contributed by atoms with Gasteiger partial charge in [-0.3, -0.25) is 9.00 Å². The van der Waals surface area contributed by atoms with Crippen molar-refractivity contribution in [1.29, 1.82) is 0 Å². The van der Waals surface area contributed by atoms with E-state index in [1.54, 1.807) is 0 Å². The first kappa shape index (κ1) is 16.6. The Hall–Kier alpha value is -1.24. The maximum atomic E-state index is 13.3. The van der Waals surface area contributed by atoms with E-state index >= 15 is 0 Å². The summed E-state index contributed by atoms with van der Waals surface area (Å²) in [5.74, 6) is -2.20. The molecule has 3 rings (SSSR count). The number of ketones is 1. The van der Waals surface area contributed by atoms with Crippen LogP contribution in [0.25, 0.3) is 0 Å². The molecule has 2 nitrogen and oxygen atoms in total. The number of hydrogen-bond acceptors (Lipinski definition) is 2. The Morgan fingerprint density at radius 3 is 2.30 bits per heavy atom. The summed E-state index contributed by atoms with van der Waals surface area (Å²) in [6, 6.07) is 2.39. The number of fused-ring (bicyclic) bond motifs is 2. The molecule has 0 saturated carbocycles. The summed E-state index contributed by atoms with van der Waals surface area (Å²) in [6.45, 7) is 0. The monoisotopic (exact) mass is 348 g/mol. The third kappa shape index (κ3) is 3.20. The van der Waals surface area contributed by atoms with E-state index in [-0.39, 0.29) is 16.1 Å². The molecule has 23 heavy (non-hydrogen) atoms. The zero-order chi connectivity index (χ0) is 16.8. The fourth-order valence-electron chi connectivity index (χ4n) is 3.58. The number of carbonyl (C=O) groups excluding carboxylic acids is 1. The Labute approximate surface area is 133 Å². The molecule has 2 aliphatic heterocycles. The van der Waals surface area contributed by atoms with Crippen molar-refractivity contribution in [3.05, 3.63) is 35.1 Å². The molecule has 0 amide bonds. The Morgan fingerprint density at radius 1 is 1.13 bits per heavy atom. The molecule has 2 heterocycles. The van der Waals surface area contributed by atoms with E-state index < -0.39 is 40.1 Å². The number of Topliss-reactive ketones (excluding diaryl/α,β-unsaturated/α-hetero) is 1. The molecule has 0 radical (unpaired) electrons. The third-order valence-electron chi connectivity index (χ3n) is 4.73. The summed E-state index contributed by atoms with van der Waals surface area (Å²) in [5.41, 5.74) is -1.53. The molecule has 0 aromatic heterocycles. The highest BCUT2D eigenvalue weighted by molar-refractivity contribution is 7.86. The zero-order valence-electron chi connectivity index (χ0n) is 12.2. The van der Waals surface area contributed by atoms with Crippen molar-refractivity contribution in [3.8, 4) is 0 Å². The second-order valence-corrected chi connectivity index (χ2v) is 8.22. The van der Waals surface area contributed by atoms with Gasteiger partial charge in [0.15, 0.2) is 5.78 Å². The van der Waals surface area contributed by atoms with Gasteiger partial charge in [0.2, 0.25) is 0 Å². The highest BCUT2D eigenvalue weighted by Crippen LogP contribution is 2.39. The van der Waals surface area contributed by atoms with E-state index in [9.17, 15) is 26.6 Å². The second kappa shape index (κ2) is 6.00. The molecule has 2 fully saturated rings. The van der Waals surface area contributed by atoms with Crippen LogP contribution in [0.1, 0.15) is 48.0 Å². The number of carbonyl (C=O) groups is 1. The molecule has 0 aliphatic carbocycles. The zero-order valence-corrected chi connectivity index (χ0v) is 13.1. The van der Waals surface area contributed by atoms with Crippen molar-refractivity contribution in [3.63, 3.8) is 0 Å². The molecule has 1 aromatic carbocycles. The lowest BCUT2D eigenvalue weighted by Crippen LogP contribution is -2.41. The quantitative estimate of drug-likeness (QED) is 0.595. The lowest BCUT2D eigenvalue weighted by Gasteiger charge is -2.37. The normalized spacial score (nSPS) is 31.0. The van der Waals surface area contributed by atoms with Gasteiger partial charge in [-0.25, -0.2) is 4.39 Å². The molecule has 0 spiro atoms. The number of hydrogen-bond donors (Lipinski definition) is 0. The predicted octanol–water partition coefficient (Wildman–Crippen LogP) is 4.11. The van der Waals surface area contributed by atoms with E-state index in [1.165, 1.54) is 0 Å². The van der Waals surface area contributed by atoms with Gasteiger partial charge in [-0.05, 0) is 43.9 Å². The van der Waals surface area contributed by atoms with Crippen molar-refractivity contribution >= 4 is 16.6 Å². The largest absolute Gasteiger partial charge is 0.419 e. The standard InChI is InChI=1S/C16H16F4O2S/c17-14-5-4-9(8-13(14)16(18,19)20)15(21)10-6-11-2-1-3-12(7-10)23(11)22/h4-5,8,10-12H,1-3,6-7H2. The van der Waals surface area contributed by atoms with Crippen molar-refractivity contribution in [1.82, 2.24) is 0 Å². The van der Waals surface area contributed by atoms with Crippen LogP contribution in [-0.4, -0.2) is 20.5 Å². The lowest BCUT2D eigenvalue weighted by molar-refractivity contribution is -0.140. The van der Waals surface area contributed by atoms with E-state index in [0.717, 1.165) is 25.3 Å². The van der Waals surface area contributed by atoms with Gasteiger partial charge >= 0.3 is 6.18 Å². The van der Waals surface area contributed by atoms with Crippen molar-refractivity contribution in [2.45, 2.75) is 48.8 Å². The molecule has 2 bridgehead atoms. The molecule has 2 aliphatic rings. The Morgan fingerprint density at radius 2 is 1.74 bits per heavy atom. The van der Waals surface area contributed by atoms with Gasteiger partial charge in [0.1, 0.15) is 5.82 Å². The summed E-state index contributed by atoms with van der Waals surface area (Å²) in [4.78, 5) is 12.5. The van der Waals surface area contributed by atoms with Crippen LogP contribution in [0.3, 0.4) is 0 Å². The summed E-state index contributed by atoms with van der Waals surface area (Å²) in [7, 11) is -0.944. The van der Waals surface area contributed by atoms with E-state index in [2.05, 4.69) is 0 Å². The first-order valence-electron chi connectivity index (χ1n) is 7.57. The molecular formula is C16H16F4O2S. The average molecular weight is 348 g/mol. The molecule has 1 aromatic rings. The Kier molecular flexibility index (Phi) is 4.33. The van der Waals surface area contributed by atoms with Gasteiger partial charge in [-0.15, -0.1) is 0 Å². The molecule has 2 unspecified atom stereocenters. The summed E-state index contributed by atoms with van der Waals surface area (Å²) < 4.78 is 63.8. The van der Waals surface area contributed by atoms with Crippen LogP contribution in [0.15, 0.2) is 18.2 Å². The molecule has 2 saturated heterocycles. The van der Waals surface area contributed by atoms with Gasteiger partial charge in [-0.2, -0.15) is 13.2 Å². The maximum Gasteiger partial charge on any atom is 0.419 e. The van der Waals surface area contributed by atoms with Crippen LogP contribution in [-0.2, 0) is 17.0 Å². The minimum absolute atomic E-state index is 0.0426. The smallest absolute Gasteiger partial charge is 0.294 e. The third-order valence-corrected chi connectivity index (χ3v) is 6.90. The van der Waals surface area contributed by atoms with Gasteiger partial charge in [-0.1, -0.05) is 6.42 Å². The molecule has 2 atom stereocenters. The highest BCUT2D eigenvalue weighted by Gasteiger charge is 2.41. The maximum absolute atomic E-state index is 13.3. The fraction of sp³-hybridized carbons (Fsp3) is 0.562. The van der Waals surface area contributed by atoms with Crippen molar-refractivity contribution in [2.75, 3.05) is 0 Å². The highest BCUT2D eigenvalue weighted by atomic mass is 32.2. The second-order valence-electron chi connectivity index (χ2n) is 6.23. The van der Waals surface area contributed by atoms with E-state index in [4.69, 9.17) is 0 Å². The van der Waals surface area contributed by atoms with E-state index in [0.29, 0.717) is 25.0 Å². The Bertz CT molecular complexity index is 640. The van der Waals surface area contributed by atoms with Crippen molar-refractivity contribution < 1.29 is 26.6 Å². The summed E-state index contributed by atoms with van der Waals surface area (Å²) >= 11 is 0. The lowest BCUT2D eigenvalue weighted by atomic mass is 9.84. The number of alkyl halides is 3. The minimum Gasteiger partial charge on any atom is -0.294 e. The van der Waals surface area contributed by atoms with Gasteiger partial charge in [0, 0.05) is 32.8 Å². The van der Waals surface area contributed by atoms with Crippen LogP contribution in [0.2, 0.25) is 0 Å². The van der Waals surface area contributed by atoms with Crippen molar-refractivity contribution in [2.24, 2.45) is 5.92 Å². The average Bonchev–Trinajstić information content (AvgIpc) is 2.45. The van der Waals surface area contributed by atoms with Crippen LogP contribution in [0.4, 0.5) is 17.6 Å². The van der Waals surface area contributed by atoms with Gasteiger partial charge in [0.25, 0.3) is 0 Å². The molecule has 126 valence electrons. The SMILES string of the molecule is O=C(c1ccc(F)c(C(F)(F)F)c1)C1CC2CCCC(C1)S2=O. The van der Waals surface area contributed by atoms with Gasteiger partial charge < -0.3 is 0 Å². The molecule has 0 N–H and O–H groups in total. The van der Waals surface area contributed by atoms with Crippen LogP contribution >= 0.6 is 0 Å². The van der Waals surface area contributed by atoms with Gasteiger partial charge in [0.05, 0.1) is 5.56 Å². The fourth-order valence-corrected chi connectivity index (χ4v) is 5.77. The van der Waals surface area contributed by atoms with Crippen LogP contribution in [0.5, 0.6) is 0 Å². The first-order chi connectivity index (χ1) is 10.8. The molecular weight excluding hydrogens is 332 g/mol. The van der Waals surface area contributed by atoms with Crippen LogP contribution < -0.4 is 0 Å². The molecule has 7 heteroatoms.